The number of sulfonamides is 1. The van der Waals surface area contributed by atoms with Crippen LogP contribution in [0, 0.1) is 5.92 Å². The van der Waals surface area contributed by atoms with E-state index >= 15 is 0 Å². The van der Waals surface area contributed by atoms with Gasteiger partial charge in [-0.2, -0.15) is 4.31 Å². The number of hydrogen-bond donors (Lipinski definition) is 1. The van der Waals surface area contributed by atoms with Gasteiger partial charge in [0, 0.05) is 37.3 Å². The first-order valence-corrected chi connectivity index (χ1v) is 13.5. The smallest absolute Gasteiger partial charge is 0.243 e. The maximum absolute atomic E-state index is 12.9. The van der Waals surface area contributed by atoms with E-state index in [9.17, 15) is 13.2 Å². The van der Waals surface area contributed by atoms with Gasteiger partial charge in [-0.15, -0.1) is 0 Å². The van der Waals surface area contributed by atoms with Gasteiger partial charge in [-0.25, -0.2) is 13.4 Å². The van der Waals surface area contributed by atoms with Crippen molar-refractivity contribution >= 4 is 38.3 Å². The van der Waals surface area contributed by atoms with E-state index in [4.69, 9.17) is 9.72 Å². The Hall–Kier alpha value is -3.17. The summed E-state index contributed by atoms with van der Waals surface area (Å²) in [5.41, 5.74) is 1.49. The Kier molecular flexibility index (Phi) is 6.62. The Morgan fingerprint density at radius 3 is 2.51 bits per heavy atom. The van der Waals surface area contributed by atoms with Crippen LogP contribution >= 0.6 is 0 Å². The number of pyridine rings is 1. The molecule has 3 heterocycles. The predicted molar refractivity (Wildman–Crippen MR) is 136 cm³/mol. The van der Waals surface area contributed by atoms with Gasteiger partial charge < -0.3 is 15.0 Å². The van der Waals surface area contributed by atoms with Crippen LogP contribution < -0.4 is 15.0 Å². The third-order valence-electron chi connectivity index (χ3n) is 6.82. The number of anilines is 2. The number of nitrogens with zero attached hydrogens (tertiary/aromatic N) is 3. The van der Waals surface area contributed by atoms with Crippen LogP contribution in [0.15, 0.2) is 59.5 Å². The molecule has 1 atom stereocenters. The van der Waals surface area contributed by atoms with Gasteiger partial charge in [0.2, 0.25) is 15.9 Å². The maximum Gasteiger partial charge on any atom is 0.243 e. The Balaban J connectivity index is 1.29. The number of ether oxygens (including phenoxy) is 1. The summed E-state index contributed by atoms with van der Waals surface area (Å²) in [6.07, 6.45) is 3.54. The third kappa shape index (κ3) is 4.97. The summed E-state index contributed by atoms with van der Waals surface area (Å²) >= 11 is 0. The molecule has 184 valence electrons. The molecule has 8 nitrogen and oxygen atoms in total. The lowest BCUT2D eigenvalue weighted by molar-refractivity contribution is -0.120. The van der Waals surface area contributed by atoms with Crippen molar-refractivity contribution in [3.63, 3.8) is 0 Å². The van der Waals surface area contributed by atoms with Gasteiger partial charge in [-0.05, 0) is 80.3 Å². The minimum atomic E-state index is -3.46. The lowest BCUT2D eigenvalue weighted by Gasteiger charge is -2.33. The van der Waals surface area contributed by atoms with Crippen molar-refractivity contribution in [3.05, 3.63) is 54.6 Å². The van der Waals surface area contributed by atoms with Gasteiger partial charge in [0.05, 0.1) is 23.4 Å². The first-order valence-electron chi connectivity index (χ1n) is 12.0. The number of piperidine rings is 1. The number of fused-ring (bicyclic) bond motifs is 1. The fourth-order valence-electron chi connectivity index (χ4n) is 4.82. The summed E-state index contributed by atoms with van der Waals surface area (Å²) in [5, 5.41) is 3.80. The van der Waals surface area contributed by atoms with Crippen molar-refractivity contribution in [2.24, 2.45) is 5.92 Å². The van der Waals surface area contributed by atoms with Gasteiger partial charge in [-0.3, -0.25) is 4.79 Å². The SMILES string of the molecule is COc1ccc(NC(=O)C2CCCN(c3ccc4cc(S(=O)(=O)N5CCCC5)ccc4n3)C2)cc1. The van der Waals surface area contributed by atoms with Crippen LogP contribution in [0.4, 0.5) is 11.5 Å². The van der Waals surface area contributed by atoms with Crippen LogP contribution in [-0.4, -0.2) is 56.9 Å². The molecule has 35 heavy (non-hydrogen) atoms. The average Bonchev–Trinajstić information content (AvgIpc) is 3.45. The van der Waals surface area contributed by atoms with Crippen LogP contribution in [0.25, 0.3) is 10.9 Å². The first kappa shape index (κ1) is 23.6. The number of carbonyl (C=O) groups excluding carboxylic acids is 1. The number of carbonyl (C=O) groups is 1. The van der Waals surface area contributed by atoms with Gasteiger partial charge in [0.1, 0.15) is 11.6 Å². The van der Waals surface area contributed by atoms with E-state index in [0.29, 0.717) is 24.5 Å². The largest absolute Gasteiger partial charge is 0.497 e. The zero-order valence-corrected chi connectivity index (χ0v) is 20.6. The highest BCUT2D eigenvalue weighted by Gasteiger charge is 2.28. The molecule has 1 N–H and O–H groups in total. The summed E-state index contributed by atoms with van der Waals surface area (Å²) in [6, 6.07) is 16.3. The highest BCUT2D eigenvalue weighted by molar-refractivity contribution is 7.89. The summed E-state index contributed by atoms with van der Waals surface area (Å²) in [5.74, 6) is 1.40. The quantitative estimate of drug-likeness (QED) is 0.559. The number of methoxy groups -OCH3 is 1. The first-order chi connectivity index (χ1) is 16.9. The highest BCUT2D eigenvalue weighted by Crippen LogP contribution is 2.28. The van der Waals surface area contributed by atoms with E-state index in [1.54, 1.807) is 29.6 Å². The Bertz CT molecular complexity index is 1320. The van der Waals surface area contributed by atoms with Gasteiger partial charge in [-0.1, -0.05) is 0 Å². The molecule has 2 aliphatic rings. The van der Waals surface area contributed by atoms with Gasteiger partial charge in [0.25, 0.3) is 0 Å². The van der Waals surface area contributed by atoms with E-state index in [1.807, 2.05) is 36.4 Å². The van der Waals surface area contributed by atoms with Crippen LogP contribution in [0.2, 0.25) is 0 Å². The summed E-state index contributed by atoms with van der Waals surface area (Å²) in [4.78, 5) is 20.1. The minimum Gasteiger partial charge on any atom is -0.497 e. The molecule has 1 amide bonds. The van der Waals surface area contributed by atoms with Crippen molar-refractivity contribution in [2.45, 2.75) is 30.6 Å². The normalized spacial score (nSPS) is 19.1. The number of aromatic nitrogens is 1. The van der Waals surface area contributed by atoms with Crippen molar-refractivity contribution in [1.82, 2.24) is 9.29 Å². The number of amides is 1. The minimum absolute atomic E-state index is 0.00239. The van der Waals surface area contributed by atoms with E-state index in [0.717, 1.165) is 60.4 Å². The van der Waals surface area contributed by atoms with E-state index < -0.39 is 10.0 Å². The van der Waals surface area contributed by atoms with Crippen LogP contribution in [0.5, 0.6) is 5.75 Å². The lowest BCUT2D eigenvalue weighted by atomic mass is 9.97. The van der Waals surface area contributed by atoms with E-state index in [-0.39, 0.29) is 11.8 Å². The van der Waals surface area contributed by atoms with Crippen LogP contribution in [0.1, 0.15) is 25.7 Å². The molecular weight excluding hydrogens is 464 g/mol. The molecule has 2 aliphatic heterocycles. The zero-order valence-electron chi connectivity index (χ0n) is 19.8. The molecule has 2 saturated heterocycles. The Morgan fingerprint density at radius 2 is 1.77 bits per heavy atom. The average molecular weight is 495 g/mol. The van der Waals surface area contributed by atoms with Crippen LogP contribution in [0.3, 0.4) is 0 Å². The molecule has 0 saturated carbocycles. The molecular formula is C26H30N4O4S. The molecule has 0 spiro atoms. The van der Waals surface area contributed by atoms with E-state index in [1.165, 1.54) is 0 Å². The van der Waals surface area contributed by atoms with Crippen molar-refractivity contribution in [1.29, 1.82) is 0 Å². The maximum atomic E-state index is 12.9. The molecule has 2 aromatic carbocycles. The lowest BCUT2D eigenvalue weighted by Crippen LogP contribution is -2.41. The molecule has 1 unspecified atom stereocenters. The molecule has 1 aromatic heterocycles. The van der Waals surface area contributed by atoms with E-state index in [2.05, 4.69) is 10.2 Å². The number of rotatable bonds is 6. The molecule has 9 heteroatoms. The highest BCUT2D eigenvalue weighted by atomic mass is 32.2. The molecule has 0 aliphatic carbocycles. The molecule has 2 fully saturated rings. The number of hydrogen-bond acceptors (Lipinski definition) is 6. The molecule has 0 radical (unpaired) electrons. The number of benzene rings is 2. The number of nitrogens with one attached hydrogen (secondary N) is 1. The van der Waals surface area contributed by atoms with Crippen molar-refractivity contribution < 1.29 is 17.9 Å². The molecule has 0 bridgehead atoms. The summed E-state index contributed by atoms with van der Waals surface area (Å²) in [7, 11) is -1.85. The zero-order chi connectivity index (χ0) is 24.4. The fourth-order valence-corrected chi connectivity index (χ4v) is 6.38. The Labute approximate surface area is 205 Å². The topological polar surface area (TPSA) is 91.8 Å². The van der Waals surface area contributed by atoms with Crippen LogP contribution in [-0.2, 0) is 14.8 Å². The Morgan fingerprint density at radius 1 is 1.00 bits per heavy atom. The fraction of sp³-hybridized carbons (Fsp3) is 0.385. The standard InChI is InChI=1S/C26H30N4O4S/c1-34-22-9-7-21(8-10-22)27-26(31)20-5-4-14-29(18-20)25-13-6-19-17-23(11-12-24(19)28-25)35(32,33)30-15-2-3-16-30/h6-13,17,20H,2-5,14-16,18H2,1H3,(H,27,31). The summed E-state index contributed by atoms with van der Waals surface area (Å²) < 4.78 is 32.5. The van der Waals surface area contributed by atoms with Gasteiger partial charge >= 0.3 is 0 Å². The second-order valence-electron chi connectivity index (χ2n) is 9.14. The predicted octanol–water partition coefficient (Wildman–Crippen LogP) is 3.88. The van der Waals surface area contributed by atoms with Gasteiger partial charge in [0.15, 0.2) is 0 Å². The monoisotopic (exact) mass is 494 g/mol. The van der Waals surface area contributed by atoms with Crippen molar-refractivity contribution in [2.75, 3.05) is 43.5 Å². The molecule has 5 rings (SSSR count). The molecule has 3 aromatic rings. The third-order valence-corrected chi connectivity index (χ3v) is 8.72. The second kappa shape index (κ2) is 9.83. The summed E-state index contributed by atoms with van der Waals surface area (Å²) in [6.45, 7) is 2.58. The second-order valence-corrected chi connectivity index (χ2v) is 11.1. The van der Waals surface area contributed by atoms with Crippen molar-refractivity contribution in [3.8, 4) is 5.75 Å².